The first kappa shape index (κ1) is 28.9. The van der Waals surface area contributed by atoms with Gasteiger partial charge in [-0.1, -0.05) is 24.3 Å². The van der Waals surface area contributed by atoms with Crippen LogP contribution in [-0.2, 0) is 23.9 Å². The van der Waals surface area contributed by atoms with E-state index in [-0.39, 0.29) is 5.82 Å². The Hall–Kier alpha value is -0.137. The molecule has 2 aromatic rings. The molecule has 0 spiro atoms. The number of nitrogens with zero attached hydrogens (tertiary/aromatic N) is 2. The molecule has 0 aliphatic carbocycles. The van der Waals surface area contributed by atoms with Crippen molar-refractivity contribution in [3.05, 3.63) is 77.6 Å². The molecular weight excluding hydrogens is 561 g/mol. The molecule has 3 nitrogen and oxygen atoms in total. The van der Waals surface area contributed by atoms with E-state index in [2.05, 4.69) is 68.8 Å². The third kappa shape index (κ3) is 10.1. The molecule has 1 N–H and O–H groups in total. The quantitative estimate of drug-likeness (QED) is 0.165. The van der Waals surface area contributed by atoms with Gasteiger partial charge in [0.2, 0.25) is 0 Å². The van der Waals surface area contributed by atoms with E-state index in [0.29, 0.717) is 12.4 Å². The number of aryl methyl sites for hydroxylation is 2. The first-order valence-corrected chi connectivity index (χ1v) is 14.7. The van der Waals surface area contributed by atoms with Gasteiger partial charge >= 0.3 is 27.0 Å². The number of alkyl halides is 1. The van der Waals surface area contributed by atoms with Crippen LogP contribution in [0.25, 0.3) is 0 Å². The van der Waals surface area contributed by atoms with E-state index in [9.17, 15) is 4.39 Å². The molecule has 9 heteroatoms. The van der Waals surface area contributed by atoms with Crippen molar-refractivity contribution in [3.8, 4) is 0 Å². The number of halogens is 3. The van der Waals surface area contributed by atoms with Crippen LogP contribution in [0.5, 0.6) is 0 Å². The molecule has 1 heterocycles. The maximum absolute atomic E-state index is 13.3. The summed E-state index contributed by atoms with van der Waals surface area (Å²) in [5.74, 6) is 0.136. The average Bonchev–Trinajstić information content (AvgIpc) is 3.25. The van der Waals surface area contributed by atoms with E-state index in [1.54, 1.807) is 30.0 Å². The van der Waals surface area contributed by atoms with Crippen LogP contribution in [0.4, 0.5) is 10.1 Å². The van der Waals surface area contributed by atoms with Crippen LogP contribution in [0.2, 0.25) is 0 Å². The second-order valence-corrected chi connectivity index (χ2v) is 8.56. The molecule has 1 fully saturated rings. The van der Waals surface area contributed by atoms with Crippen molar-refractivity contribution in [3.63, 3.8) is 0 Å². The summed E-state index contributed by atoms with van der Waals surface area (Å²) in [6.45, 7) is 9.26. The van der Waals surface area contributed by atoms with Crippen LogP contribution < -0.4 is 5.32 Å². The molecule has 1 aliphatic rings. The van der Waals surface area contributed by atoms with Crippen molar-refractivity contribution in [2.75, 3.05) is 36.8 Å². The molecule has 172 valence electrons. The summed E-state index contributed by atoms with van der Waals surface area (Å²) in [4.78, 5) is 0. The second kappa shape index (κ2) is 16.5. The summed E-state index contributed by atoms with van der Waals surface area (Å²) >= 11 is 11.1. The molecular formula is C22H29Cl2FN3RuS2+. The molecule has 1 saturated heterocycles. The number of anilines is 1. The Balaban J connectivity index is 0.000000365. The SMILES string of the molecule is CSN1[CH-]N(SC)CC1.Cc1cccc(C)c1NCc1ccc(F)cc1[CH-]CCl.[Cl][Ru+3]. The Kier molecular flexibility index (Phi) is 15.4. The zero-order valence-electron chi connectivity index (χ0n) is 18.1. The number of benzene rings is 2. The van der Waals surface area contributed by atoms with Crippen LogP contribution in [0.15, 0.2) is 36.4 Å². The summed E-state index contributed by atoms with van der Waals surface area (Å²) in [5.41, 5.74) is 5.42. The first-order valence-electron chi connectivity index (χ1n) is 9.56. The predicted octanol–water partition coefficient (Wildman–Crippen LogP) is 6.81. The number of rotatable bonds is 7. The molecule has 0 bridgehead atoms. The fraction of sp³-hybridized carbons (Fsp3) is 0.364. The minimum atomic E-state index is -0.239. The van der Waals surface area contributed by atoms with Gasteiger partial charge in [-0.3, -0.25) is 0 Å². The fourth-order valence-electron chi connectivity index (χ4n) is 3.01. The minimum absolute atomic E-state index is 0.239. The van der Waals surface area contributed by atoms with Crippen molar-refractivity contribution in [2.45, 2.75) is 20.4 Å². The van der Waals surface area contributed by atoms with Crippen molar-refractivity contribution in [1.82, 2.24) is 8.61 Å². The van der Waals surface area contributed by atoms with Gasteiger partial charge in [0.1, 0.15) is 0 Å². The molecule has 31 heavy (non-hydrogen) atoms. The Morgan fingerprint density at radius 3 is 2.16 bits per heavy atom. The van der Waals surface area contributed by atoms with Crippen molar-refractivity contribution in [1.29, 1.82) is 0 Å². The standard InChI is InChI=1S/C17H18ClFN.C5H11N2S2.ClH.Ru/c1-12-4-3-5-13(2)17(12)20-11-15-6-7-16(19)10-14(15)8-9-18;1-8-6-3-4-7(5-6)9-2;;/h3-8,10,20H,9,11H2,1-2H3;5H,3-4H2,1-2H3;1H;/q2*-1;;+4/p-1. The molecule has 0 aromatic heterocycles. The molecule has 0 saturated carbocycles. The molecule has 3 rings (SSSR count). The molecule has 0 amide bonds. The number of hydrogen-bond donors (Lipinski definition) is 1. The van der Waals surface area contributed by atoms with E-state index in [1.807, 2.05) is 29.8 Å². The van der Waals surface area contributed by atoms with Gasteiger partial charge in [0.05, 0.1) is 5.82 Å². The van der Waals surface area contributed by atoms with E-state index in [4.69, 9.17) is 11.6 Å². The van der Waals surface area contributed by atoms with Gasteiger partial charge in [-0.05, 0) is 63.0 Å². The second-order valence-electron chi connectivity index (χ2n) is 6.58. The Bertz CT molecular complexity index is 756. The predicted molar refractivity (Wildman–Crippen MR) is 134 cm³/mol. The van der Waals surface area contributed by atoms with Gasteiger partial charge in [0.15, 0.2) is 0 Å². The van der Waals surface area contributed by atoms with Crippen LogP contribution in [-0.4, -0.2) is 40.1 Å². The van der Waals surface area contributed by atoms with Crippen LogP contribution in [0.1, 0.15) is 22.3 Å². The zero-order valence-corrected chi connectivity index (χ0v) is 23.0. The van der Waals surface area contributed by atoms with Crippen LogP contribution in [0, 0.1) is 32.8 Å². The van der Waals surface area contributed by atoms with Crippen molar-refractivity contribution >= 4 is 50.9 Å². The summed E-state index contributed by atoms with van der Waals surface area (Å²) < 4.78 is 17.7. The third-order valence-electron chi connectivity index (χ3n) is 4.61. The molecule has 1 aliphatic heterocycles. The molecule has 2 aromatic carbocycles. The van der Waals surface area contributed by atoms with Gasteiger partial charge in [-0.15, -0.1) is 53.2 Å². The molecule has 0 radical (unpaired) electrons. The monoisotopic (exact) mass is 590 g/mol. The van der Waals surface area contributed by atoms with Gasteiger partial charge in [0.25, 0.3) is 0 Å². The van der Waals surface area contributed by atoms with Crippen molar-refractivity contribution < 1.29 is 21.7 Å². The third-order valence-corrected chi connectivity index (χ3v) is 6.26. The van der Waals surface area contributed by atoms with E-state index in [0.717, 1.165) is 29.9 Å². The zero-order chi connectivity index (χ0) is 23.2. The van der Waals surface area contributed by atoms with Gasteiger partial charge in [-0.25, -0.2) is 4.39 Å². The van der Waals surface area contributed by atoms with Crippen LogP contribution in [0.3, 0.4) is 0 Å². The van der Waals surface area contributed by atoms with Gasteiger partial charge < -0.3 is 13.9 Å². The number of para-hydroxylation sites is 1. The first-order chi connectivity index (χ1) is 15.0. The Labute approximate surface area is 214 Å². The fourth-order valence-corrected chi connectivity index (χ4v) is 4.18. The normalized spacial score (nSPS) is 13.6. The Morgan fingerprint density at radius 1 is 1.10 bits per heavy atom. The van der Waals surface area contributed by atoms with E-state index < -0.39 is 0 Å². The number of hydrogen-bond acceptors (Lipinski definition) is 5. The topological polar surface area (TPSA) is 18.5 Å². The molecule has 0 atom stereocenters. The van der Waals surface area contributed by atoms with Crippen LogP contribution >= 0.6 is 45.2 Å². The average molecular weight is 591 g/mol. The molecule has 0 unspecified atom stereocenters. The summed E-state index contributed by atoms with van der Waals surface area (Å²) in [6.07, 6.45) is 6.02. The van der Waals surface area contributed by atoms with E-state index in [1.165, 1.54) is 23.3 Å². The van der Waals surface area contributed by atoms with Gasteiger partial charge in [0, 0.05) is 5.69 Å². The van der Waals surface area contributed by atoms with Gasteiger partial charge in [-0.2, -0.15) is 18.7 Å². The number of nitrogens with one attached hydrogen (secondary N) is 1. The summed E-state index contributed by atoms with van der Waals surface area (Å²) in [7, 11) is 4.57. The maximum atomic E-state index is 13.3. The van der Waals surface area contributed by atoms with Crippen molar-refractivity contribution in [2.24, 2.45) is 0 Å². The summed E-state index contributed by atoms with van der Waals surface area (Å²) in [6, 6.07) is 11.0. The van der Waals surface area contributed by atoms with E-state index >= 15 is 0 Å². The Morgan fingerprint density at radius 2 is 1.68 bits per heavy atom. The summed E-state index contributed by atoms with van der Waals surface area (Å²) in [5, 5.41) is 3.43.